The second kappa shape index (κ2) is 5.58. The van der Waals surface area contributed by atoms with Crippen molar-refractivity contribution < 1.29 is 14.4 Å². The van der Waals surface area contributed by atoms with Gasteiger partial charge >= 0.3 is 0 Å². The SMILES string of the molecule is CCc1cc(C(=O)NC2CC(=O)N(C)C2=O)cc(Cl)n1. The summed E-state index contributed by atoms with van der Waals surface area (Å²) in [4.78, 5) is 40.3. The Labute approximate surface area is 121 Å². The fraction of sp³-hybridized carbons (Fsp3) is 0.385. The number of likely N-dealkylation sites (tertiary alicyclic amines) is 1. The van der Waals surface area contributed by atoms with Crippen LogP contribution >= 0.6 is 11.6 Å². The molecule has 2 heterocycles. The highest BCUT2D eigenvalue weighted by Gasteiger charge is 2.37. The summed E-state index contributed by atoms with van der Waals surface area (Å²) in [6.07, 6.45) is 0.630. The van der Waals surface area contributed by atoms with Crippen LogP contribution in [-0.4, -0.2) is 40.7 Å². The van der Waals surface area contributed by atoms with Crippen LogP contribution < -0.4 is 5.32 Å². The van der Waals surface area contributed by atoms with E-state index in [2.05, 4.69) is 10.3 Å². The first-order valence-corrected chi connectivity index (χ1v) is 6.58. The molecule has 0 bridgehead atoms. The summed E-state index contributed by atoms with van der Waals surface area (Å²) < 4.78 is 0. The van der Waals surface area contributed by atoms with Gasteiger partial charge in [0.2, 0.25) is 5.91 Å². The molecule has 1 aromatic rings. The zero-order chi connectivity index (χ0) is 14.9. The van der Waals surface area contributed by atoms with E-state index in [4.69, 9.17) is 11.6 Å². The molecule has 0 saturated carbocycles. The number of hydrogen-bond donors (Lipinski definition) is 1. The van der Waals surface area contributed by atoms with Crippen LogP contribution in [0.1, 0.15) is 29.4 Å². The number of nitrogens with zero attached hydrogens (tertiary/aromatic N) is 2. The highest BCUT2D eigenvalue weighted by Crippen LogP contribution is 2.14. The Morgan fingerprint density at radius 2 is 2.20 bits per heavy atom. The molecule has 106 valence electrons. The van der Waals surface area contributed by atoms with Gasteiger partial charge in [-0.15, -0.1) is 0 Å². The van der Waals surface area contributed by atoms with Gasteiger partial charge in [0.25, 0.3) is 11.8 Å². The number of aromatic nitrogens is 1. The molecule has 0 radical (unpaired) electrons. The summed E-state index contributed by atoms with van der Waals surface area (Å²) in [6, 6.07) is 2.24. The second-order valence-corrected chi connectivity index (χ2v) is 4.93. The third-order valence-corrected chi connectivity index (χ3v) is 3.35. The van der Waals surface area contributed by atoms with Crippen molar-refractivity contribution in [2.24, 2.45) is 0 Å². The number of rotatable bonds is 3. The molecular weight excluding hydrogens is 282 g/mol. The van der Waals surface area contributed by atoms with Gasteiger partial charge in [-0.05, 0) is 18.6 Å². The first kappa shape index (κ1) is 14.5. The van der Waals surface area contributed by atoms with Crippen LogP contribution in [0.2, 0.25) is 5.15 Å². The number of hydrogen-bond acceptors (Lipinski definition) is 4. The molecule has 0 spiro atoms. The van der Waals surface area contributed by atoms with E-state index in [0.29, 0.717) is 17.7 Å². The average Bonchev–Trinajstić information content (AvgIpc) is 2.65. The van der Waals surface area contributed by atoms with E-state index >= 15 is 0 Å². The summed E-state index contributed by atoms with van der Waals surface area (Å²) in [6.45, 7) is 1.90. The van der Waals surface area contributed by atoms with Crippen LogP contribution in [0.15, 0.2) is 12.1 Å². The van der Waals surface area contributed by atoms with Crippen LogP contribution in [0.3, 0.4) is 0 Å². The topological polar surface area (TPSA) is 79.4 Å². The maximum atomic E-state index is 12.1. The lowest BCUT2D eigenvalue weighted by atomic mass is 10.1. The zero-order valence-corrected chi connectivity index (χ0v) is 11.9. The van der Waals surface area contributed by atoms with Gasteiger partial charge in [-0.1, -0.05) is 18.5 Å². The fourth-order valence-corrected chi connectivity index (χ4v) is 2.20. The first-order chi connectivity index (χ1) is 9.42. The van der Waals surface area contributed by atoms with Gasteiger partial charge in [0.1, 0.15) is 11.2 Å². The Morgan fingerprint density at radius 1 is 1.50 bits per heavy atom. The first-order valence-electron chi connectivity index (χ1n) is 6.20. The maximum Gasteiger partial charge on any atom is 0.252 e. The van der Waals surface area contributed by atoms with E-state index in [1.165, 1.54) is 13.1 Å². The van der Waals surface area contributed by atoms with Gasteiger partial charge in [0.05, 0.1) is 6.42 Å². The quantitative estimate of drug-likeness (QED) is 0.660. The third-order valence-electron chi connectivity index (χ3n) is 3.16. The van der Waals surface area contributed by atoms with Gasteiger partial charge in [-0.3, -0.25) is 19.3 Å². The molecule has 2 rings (SSSR count). The van der Waals surface area contributed by atoms with Crippen LogP contribution in [0.4, 0.5) is 0 Å². The van der Waals surface area contributed by atoms with Crippen LogP contribution in [0.5, 0.6) is 0 Å². The normalized spacial score (nSPS) is 18.6. The summed E-state index contributed by atoms with van der Waals surface area (Å²) in [5, 5.41) is 2.77. The highest BCUT2D eigenvalue weighted by molar-refractivity contribution is 6.29. The lowest BCUT2D eigenvalue weighted by Crippen LogP contribution is -2.40. The van der Waals surface area contributed by atoms with Crippen molar-refractivity contribution >= 4 is 29.3 Å². The molecule has 7 heteroatoms. The minimum atomic E-state index is -0.808. The Morgan fingerprint density at radius 3 is 2.75 bits per heavy atom. The summed E-state index contributed by atoms with van der Waals surface area (Å²) >= 11 is 5.84. The Balaban J connectivity index is 2.15. The molecule has 1 aliphatic heterocycles. The van der Waals surface area contributed by atoms with Crippen molar-refractivity contribution in [3.63, 3.8) is 0 Å². The van der Waals surface area contributed by atoms with E-state index in [0.717, 1.165) is 4.90 Å². The zero-order valence-electron chi connectivity index (χ0n) is 11.1. The molecule has 0 aromatic carbocycles. The number of amides is 3. The van der Waals surface area contributed by atoms with Crippen molar-refractivity contribution in [3.8, 4) is 0 Å². The summed E-state index contributed by atoms with van der Waals surface area (Å²) in [5.41, 5.74) is 1.02. The number of carbonyl (C=O) groups is 3. The number of likely N-dealkylation sites (N-methyl/N-ethyl adjacent to an activating group) is 1. The van der Waals surface area contributed by atoms with Crippen molar-refractivity contribution in [1.82, 2.24) is 15.2 Å². The number of carbonyl (C=O) groups excluding carboxylic acids is 3. The lowest BCUT2D eigenvalue weighted by molar-refractivity contribution is -0.137. The van der Waals surface area contributed by atoms with Gasteiger partial charge in [-0.2, -0.15) is 0 Å². The highest BCUT2D eigenvalue weighted by atomic mass is 35.5. The summed E-state index contributed by atoms with van der Waals surface area (Å²) in [7, 11) is 1.40. The van der Waals surface area contributed by atoms with E-state index in [1.807, 2.05) is 6.92 Å². The van der Waals surface area contributed by atoms with E-state index in [-0.39, 0.29) is 17.5 Å². The van der Waals surface area contributed by atoms with Gasteiger partial charge in [-0.25, -0.2) is 4.98 Å². The Hall–Kier alpha value is -1.95. The lowest BCUT2D eigenvalue weighted by Gasteiger charge is -2.11. The molecule has 1 N–H and O–H groups in total. The second-order valence-electron chi connectivity index (χ2n) is 4.54. The van der Waals surface area contributed by atoms with E-state index in [9.17, 15) is 14.4 Å². The molecule has 1 unspecified atom stereocenters. The predicted octanol–water partition coefficient (Wildman–Crippen LogP) is 0.784. The van der Waals surface area contributed by atoms with Crippen LogP contribution in [-0.2, 0) is 16.0 Å². The maximum absolute atomic E-state index is 12.1. The number of halogens is 1. The predicted molar refractivity (Wildman–Crippen MR) is 72.3 cm³/mol. The van der Waals surface area contributed by atoms with Crippen molar-refractivity contribution in [2.75, 3.05) is 7.05 Å². The van der Waals surface area contributed by atoms with Gasteiger partial charge < -0.3 is 5.32 Å². The summed E-state index contributed by atoms with van der Waals surface area (Å²) in [5.74, 6) is -1.15. The number of aryl methyl sites for hydroxylation is 1. The molecule has 1 aromatic heterocycles. The average molecular weight is 296 g/mol. The molecule has 1 fully saturated rings. The molecule has 0 aliphatic carbocycles. The molecule has 20 heavy (non-hydrogen) atoms. The molecule has 1 aliphatic rings. The molecule has 6 nitrogen and oxygen atoms in total. The van der Waals surface area contributed by atoms with Crippen LogP contribution in [0.25, 0.3) is 0 Å². The standard InChI is InChI=1S/C13H14ClN3O3/c1-3-8-4-7(5-10(14)15-8)12(19)16-9-6-11(18)17(2)13(9)20/h4-5,9H,3,6H2,1-2H3,(H,16,19). The van der Waals surface area contributed by atoms with Gasteiger partial charge in [0, 0.05) is 18.3 Å². The smallest absolute Gasteiger partial charge is 0.252 e. The molecule has 1 atom stereocenters. The molecular formula is C13H14ClN3O3. The van der Waals surface area contributed by atoms with E-state index in [1.54, 1.807) is 6.07 Å². The third kappa shape index (κ3) is 2.80. The van der Waals surface area contributed by atoms with Crippen LogP contribution in [0, 0.1) is 0 Å². The van der Waals surface area contributed by atoms with Gasteiger partial charge in [0.15, 0.2) is 0 Å². The minimum absolute atomic E-state index is 0.0134. The fourth-order valence-electron chi connectivity index (χ4n) is 1.97. The van der Waals surface area contributed by atoms with Crippen molar-refractivity contribution in [2.45, 2.75) is 25.8 Å². The monoisotopic (exact) mass is 295 g/mol. The van der Waals surface area contributed by atoms with Crippen molar-refractivity contribution in [1.29, 1.82) is 0 Å². The molecule has 3 amide bonds. The Kier molecular flexibility index (Phi) is 4.04. The van der Waals surface area contributed by atoms with Crippen molar-refractivity contribution in [3.05, 3.63) is 28.5 Å². The minimum Gasteiger partial charge on any atom is -0.340 e. The van der Waals surface area contributed by atoms with E-state index < -0.39 is 17.9 Å². The molecule has 1 saturated heterocycles. The number of pyridine rings is 1. The number of imide groups is 1. The largest absolute Gasteiger partial charge is 0.340 e. The number of nitrogens with one attached hydrogen (secondary N) is 1. The Bertz CT molecular complexity index is 588.